The molecule has 1 aromatic carbocycles. The smallest absolute Gasteiger partial charge is 0.182 e. The first-order chi connectivity index (χ1) is 7.47. The quantitative estimate of drug-likeness (QED) is 0.614. The van der Waals surface area contributed by atoms with Crippen LogP contribution in [0.25, 0.3) is 0 Å². The molecule has 0 heterocycles. The Labute approximate surface area is 95.5 Å². The van der Waals surface area contributed by atoms with E-state index in [0.29, 0.717) is 6.42 Å². The molecule has 0 unspecified atom stereocenters. The summed E-state index contributed by atoms with van der Waals surface area (Å²) in [5.41, 5.74) is 0. The summed E-state index contributed by atoms with van der Waals surface area (Å²) in [6.07, 6.45) is 2.33. The molecule has 0 atom stereocenters. The Morgan fingerprint density at radius 3 is 2.50 bits per heavy atom. The molecule has 0 fully saturated rings. The van der Waals surface area contributed by atoms with Crippen molar-refractivity contribution in [3.63, 3.8) is 0 Å². The van der Waals surface area contributed by atoms with Crippen molar-refractivity contribution in [2.45, 2.75) is 31.1 Å². The number of sulfone groups is 1. The molecule has 0 radical (unpaired) electrons. The van der Waals surface area contributed by atoms with E-state index >= 15 is 0 Å². The Morgan fingerprint density at radius 1 is 1.19 bits per heavy atom. The van der Waals surface area contributed by atoms with Gasteiger partial charge in [0.15, 0.2) is 9.84 Å². The molecule has 0 aliphatic carbocycles. The fraction of sp³-hybridized carbons (Fsp3) is 0.455. The van der Waals surface area contributed by atoms with Gasteiger partial charge in [0.1, 0.15) is 16.4 Å². The Bertz CT molecular complexity index is 451. The average molecular weight is 244 g/mol. The van der Waals surface area contributed by atoms with E-state index in [4.69, 9.17) is 0 Å². The molecule has 2 N–H and O–H groups in total. The molecule has 0 spiro atoms. The number of aromatic hydroxyl groups is 2. The van der Waals surface area contributed by atoms with Gasteiger partial charge in [0.05, 0.1) is 5.75 Å². The third kappa shape index (κ3) is 3.13. The number of phenolic OH excluding ortho intramolecular Hbond substituents is 2. The Hall–Kier alpha value is -1.23. The van der Waals surface area contributed by atoms with Gasteiger partial charge in [-0.3, -0.25) is 0 Å². The molecule has 0 aliphatic rings. The van der Waals surface area contributed by atoms with Gasteiger partial charge in [0.25, 0.3) is 0 Å². The van der Waals surface area contributed by atoms with Crippen LogP contribution in [0.15, 0.2) is 23.1 Å². The highest BCUT2D eigenvalue weighted by molar-refractivity contribution is 7.91. The number of rotatable bonds is 5. The SMILES string of the molecule is CCCCCS(=O)(=O)c1cc(O)ccc1O. The van der Waals surface area contributed by atoms with Gasteiger partial charge in [-0.05, 0) is 18.6 Å². The van der Waals surface area contributed by atoms with Crippen molar-refractivity contribution in [3.8, 4) is 11.5 Å². The number of benzene rings is 1. The minimum Gasteiger partial charge on any atom is -0.508 e. The van der Waals surface area contributed by atoms with E-state index in [1.165, 1.54) is 12.1 Å². The maximum absolute atomic E-state index is 11.8. The zero-order valence-electron chi connectivity index (χ0n) is 9.18. The number of hydrogen-bond acceptors (Lipinski definition) is 4. The molecule has 16 heavy (non-hydrogen) atoms. The molecular weight excluding hydrogens is 228 g/mol. The number of unbranched alkanes of at least 4 members (excludes halogenated alkanes) is 2. The molecule has 0 aliphatic heterocycles. The van der Waals surface area contributed by atoms with Crippen LogP contribution in [0.1, 0.15) is 26.2 Å². The second-order valence-electron chi connectivity index (χ2n) is 3.68. The van der Waals surface area contributed by atoms with Crippen molar-refractivity contribution in [1.82, 2.24) is 0 Å². The van der Waals surface area contributed by atoms with Crippen molar-refractivity contribution in [2.75, 3.05) is 5.75 Å². The van der Waals surface area contributed by atoms with Gasteiger partial charge >= 0.3 is 0 Å². The molecule has 5 heteroatoms. The van der Waals surface area contributed by atoms with E-state index in [9.17, 15) is 18.6 Å². The predicted octanol–water partition coefficient (Wildman–Crippen LogP) is 2.06. The average Bonchev–Trinajstić information content (AvgIpc) is 2.22. The van der Waals surface area contributed by atoms with Crippen LogP contribution in [0.4, 0.5) is 0 Å². The molecule has 0 saturated carbocycles. The summed E-state index contributed by atoms with van der Waals surface area (Å²) in [5, 5.41) is 18.6. The van der Waals surface area contributed by atoms with Crippen LogP contribution in [0.3, 0.4) is 0 Å². The van der Waals surface area contributed by atoms with Gasteiger partial charge < -0.3 is 10.2 Å². The molecule has 90 valence electrons. The zero-order chi connectivity index (χ0) is 12.2. The lowest BCUT2D eigenvalue weighted by atomic mass is 10.3. The van der Waals surface area contributed by atoms with Crippen LogP contribution < -0.4 is 0 Å². The van der Waals surface area contributed by atoms with Crippen LogP contribution in [0.2, 0.25) is 0 Å². The topological polar surface area (TPSA) is 74.6 Å². The molecule has 1 aromatic rings. The van der Waals surface area contributed by atoms with Crippen LogP contribution >= 0.6 is 0 Å². The predicted molar refractivity (Wildman–Crippen MR) is 61.3 cm³/mol. The fourth-order valence-corrected chi connectivity index (χ4v) is 2.90. The Balaban J connectivity index is 2.93. The van der Waals surface area contributed by atoms with Crippen LogP contribution in [-0.4, -0.2) is 24.4 Å². The third-order valence-corrected chi connectivity index (χ3v) is 4.12. The van der Waals surface area contributed by atoms with Gasteiger partial charge in [0, 0.05) is 6.07 Å². The molecule has 0 bridgehead atoms. The van der Waals surface area contributed by atoms with Crippen molar-refractivity contribution >= 4 is 9.84 Å². The van der Waals surface area contributed by atoms with Crippen LogP contribution in [0.5, 0.6) is 11.5 Å². The fourth-order valence-electron chi connectivity index (χ4n) is 1.40. The summed E-state index contributed by atoms with van der Waals surface area (Å²) >= 11 is 0. The summed E-state index contributed by atoms with van der Waals surface area (Å²) in [6, 6.07) is 3.51. The third-order valence-electron chi connectivity index (χ3n) is 2.30. The summed E-state index contributed by atoms with van der Waals surface area (Å²) in [6.45, 7) is 1.98. The van der Waals surface area contributed by atoms with E-state index in [2.05, 4.69) is 0 Å². The molecule has 0 aromatic heterocycles. The van der Waals surface area contributed by atoms with E-state index in [1.54, 1.807) is 0 Å². The highest BCUT2D eigenvalue weighted by Gasteiger charge is 2.18. The first-order valence-electron chi connectivity index (χ1n) is 5.22. The van der Waals surface area contributed by atoms with Crippen LogP contribution in [-0.2, 0) is 9.84 Å². The normalized spacial score (nSPS) is 11.6. The van der Waals surface area contributed by atoms with E-state index in [1.807, 2.05) is 6.92 Å². The lowest BCUT2D eigenvalue weighted by Gasteiger charge is -2.06. The highest BCUT2D eigenvalue weighted by Crippen LogP contribution is 2.27. The van der Waals surface area contributed by atoms with Gasteiger partial charge in [-0.15, -0.1) is 0 Å². The van der Waals surface area contributed by atoms with E-state index < -0.39 is 9.84 Å². The second-order valence-corrected chi connectivity index (χ2v) is 5.76. The summed E-state index contributed by atoms with van der Waals surface area (Å²) in [7, 11) is -3.50. The molecule has 4 nitrogen and oxygen atoms in total. The monoisotopic (exact) mass is 244 g/mol. The van der Waals surface area contributed by atoms with Gasteiger partial charge in [0.2, 0.25) is 0 Å². The molecule has 0 saturated heterocycles. The first kappa shape index (κ1) is 12.8. The summed E-state index contributed by atoms with van der Waals surface area (Å²) < 4.78 is 23.6. The van der Waals surface area contributed by atoms with E-state index in [-0.39, 0.29) is 22.1 Å². The van der Waals surface area contributed by atoms with Crippen LogP contribution in [0, 0.1) is 0 Å². The van der Waals surface area contributed by atoms with Crippen molar-refractivity contribution in [3.05, 3.63) is 18.2 Å². The van der Waals surface area contributed by atoms with Gasteiger partial charge in [-0.1, -0.05) is 19.8 Å². The maximum Gasteiger partial charge on any atom is 0.182 e. The lowest BCUT2D eigenvalue weighted by Crippen LogP contribution is -2.07. The summed E-state index contributed by atoms with van der Waals surface area (Å²) in [5.74, 6) is -0.473. The molecule has 0 amide bonds. The largest absolute Gasteiger partial charge is 0.508 e. The Morgan fingerprint density at radius 2 is 1.88 bits per heavy atom. The molecular formula is C11H16O4S. The first-order valence-corrected chi connectivity index (χ1v) is 6.87. The second kappa shape index (κ2) is 5.21. The highest BCUT2D eigenvalue weighted by atomic mass is 32.2. The standard InChI is InChI=1S/C11H16O4S/c1-2-3-4-7-16(14,15)11-8-9(12)5-6-10(11)13/h5-6,8,12-13H,2-4,7H2,1H3. The minimum absolute atomic E-state index is 0.00213. The number of hydrogen-bond donors (Lipinski definition) is 2. The van der Waals surface area contributed by atoms with E-state index in [0.717, 1.165) is 18.9 Å². The van der Waals surface area contributed by atoms with Crippen molar-refractivity contribution in [1.29, 1.82) is 0 Å². The van der Waals surface area contributed by atoms with Crippen molar-refractivity contribution in [2.24, 2.45) is 0 Å². The lowest BCUT2D eigenvalue weighted by molar-refractivity contribution is 0.445. The van der Waals surface area contributed by atoms with Gasteiger partial charge in [-0.25, -0.2) is 8.42 Å². The Kier molecular flexibility index (Phi) is 4.18. The number of phenols is 2. The van der Waals surface area contributed by atoms with Crippen molar-refractivity contribution < 1.29 is 18.6 Å². The molecule has 1 rings (SSSR count). The van der Waals surface area contributed by atoms with Gasteiger partial charge in [-0.2, -0.15) is 0 Å². The zero-order valence-corrected chi connectivity index (χ0v) is 10.00. The summed E-state index contributed by atoms with van der Waals surface area (Å²) in [4.78, 5) is -0.191. The maximum atomic E-state index is 11.8. The minimum atomic E-state index is -3.50.